The molecule has 0 atom stereocenters. The number of anilines is 1. The van der Waals surface area contributed by atoms with E-state index in [1.165, 1.54) is 11.8 Å². The van der Waals surface area contributed by atoms with Crippen molar-refractivity contribution in [3.05, 3.63) is 41.1 Å². The monoisotopic (exact) mass is 356 g/mol. The van der Waals surface area contributed by atoms with E-state index in [0.717, 1.165) is 11.3 Å². The molecule has 0 radical (unpaired) electrons. The summed E-state index contributed by atoms with van der Waals surface area (Å²) in [5.74, 6) is -0.623. The first kappa shape index (κ1) is 18.8. The molecule has 2 aromatic rings. The predicted molar refractivity (Wildman–Crippen MR) is 85.7 cm³/mol. The van der Waals surface area contributed by atoms with Gasteiger partial charge in [0.05, 0.1) is 5.56 Å². The summed E-state index contributed by atoms with van der Waals surface area (Å²) in [7, 11) is 1.58. The summed E-state index contributed by atoms with van der Waals surface area (Å²) in [6, 6.07) is 7.40. The van der Waals surface area contributed by atoms with Gasteiger partial charge in [-0.15, -0.1) is 0 Å². The van der Waals surface area contributed by atoms with E-state index in [2.05, 4.69) is 9.68 Å². The third-order valence-corrected chi connectivity index (χ3v) is 3.77. The van der Waals surface area contributed by atoms with Gasteiger partial charge in [0.15, 0.2) is 12.3 Å². The maximum Gasteiger partial charge on any atom is 0.437 e. The number of likely N-dealkylation sites (N-methyl/N-ethyl adjacent to an activating group) is 1. The van der Waals surface area contributed by atoms with Crippen molar-refractivity contribution in [3.63, 3.8) is 0 Å². The van der Waals surface area contributed by atoms with Gasteiger partial charge in [-0.1, -0.05) is 37.2 Å². The largest absolute Gasteiger partial charge is 0.453 e. The van der Waals surface area contributed by atoms with Crippen molar-refractivity contribution in [2.24, 2.45) is 0 Å². The molecule has 0 N–H and O–H groups in total. The smallest absolute Gasteiger partial charge is 0.437 e. The molecule has 0 spiro atoms. The van der Waals surface area contributed by atoms with Gasteiger partial charge in [-0.05, 0) is 24.5 Å². The van der Waals surface area contributed by atoms with Crippen molar-refractivity contribution in [1.29, 1.82) is 0 Å². The highest BCUT2D eigenvalue weighted by molar-refractivity contribution is 5.94. The molecule has 0 unspecified atom stereocenters. The van der Waals surface area contributed by atoms with Crippen LogP contribution in [-0.4, -0.2) is 24.7 Å². The lowest BCUT2D eigenvalue weighted by Crippen LogP contribution is -2.32. The fourth-order valence-corrected chi connectivity index (χ4v) is 2.36. The Labute approximate surface area is 143 Å². The Morgan fingerprint density at radius 2 is 1.96 bits per heavy atom. The molecule has 1 amide bonds. The summed E-state index contributed by atoms with van der Waals surface area (Å²) < 4.78 is 47.7. The molecule has 25 heavy (non-hydrogen) atoms. The van der Waals surface area contributed by atoms with Crippen LogP contribution in [0.15, 0.2) is 28.8 Å². The van der Waals surface area contributed by atoms with Crippen LogP contribution in [0.3, 0.4) is 0 Å². The second kappa shape index (κ2) is 7.16. The second-order valence-corrected chi connectivity index (χ2v) is 5.90. The topological polar surface area (TPSA) is 55.6 Å². The van der Waals surface area contributed by atoms with E-state index in [-0.39, 0.29) is 11.5 Å². The molecule has 0 saturated carbocycles. The van der Waals surface area contributed by atoms with E-state index in [4.69, 9.17) is 4.74 Å². The zero-order valence-corrected chi connectivity index (χ0v) is 14.3. The molecule has 1 heterocycles. The molecular formula is C17H19F3N2O3. The van der Waals surface area contributed by atoms with Crippen LogP contribution in [0.2, 0.25) is 0 Å². The fraction of sp³-hybridized carbons (Fsp3) is 0.412. The maximum absolute atomic E-state index is 12.7. The molecule has 5 nitrogen and oxygen atoms in total. The van der Waals surface area contributed by atoms with Gasteiger partial charge in [-0.2, -0.15) is 13.2 Å². The predicted octanol–water partition coefficient (Wildman–Crippen LogP) is 4.17. The third kappa shape index (κ3) is 4.12. The number of hydrogen-bond donors (Lipinski definition) is 0. The summed E-state index contributed by atoms with van der Waals surface area (Å²) in [5.41, 5.74) is 0.254. The van der Waals surface area contributed by atoms with Gasteiger partial charge in [0.25, 0.3) is 5.91 Å². The number of nitrogens with zero attached hydrogens (tertiary/aromatic N) is 2. The lowest BCUT2D eigenvalue weighted by Gasteiger charge is -2.22. The zero-order valence-electron chi connectivity index (χ0n) is 14.3. The van der Waals surface area contributed by atoms with E-state index in [1.54, 1.807) is 13.1 Å². The molecule has 0 fully saturated rings. The van der Waals surface area contributed by atoms with Gasteiger partial charge >= 0.3 is 12.1 Å². The van der Waals surface area contributed by atoms with E-state index < -0.39 is 30.3 Å². The number of aromatic nitrogens is 1. The first-order valence-electron chi connectivity index (χ1n) is 7.64. The van der Waals surface area contributed by atoms with Gasteiger partial charge in [-0.3, -0.25) is 4.79 Å². The van der Waals surface area contributed by atoms with Crippen molar-refractivity contribution in [2.45, 2.75) is 32.9 Å². The molecule has 0 aliphatic carbocycles. The molecule has 1 aromatic heterocycles. The van der Waals surface area contributed by atoms with Crippen LogP contribution in [0, 0.1) is 6.92 Å². The fourth-order valence-electron chi connectivity index (χ4n) is 2.36. The highest BCUT2D eigenvalue weighted by Crippen LogP contribution is 2.35. The van der Waals surface area contributed by atoms with Crippen LogP contribution in [0.5, 0.6) is 5.95 Å². The highest BCUT2D eigenvalue weighted by Gasteiger charge is 2.38. The number of rotatable bonds is 5. The average Bonchev–Trinajstić information content (AvgIpc) is 2.92. The van der Waals surface area contributed by atoms with Crippen LogP contribution in [-0.2, 0) is 11.0 Å². The first-order chi connectivity index (χ1) is 11.6. The molecule has 0 aliphatic rings. The highest BCUT2D eigenvalue weighted by atomic mass is 19.4. The van der Waals surface area contributed by atoms with Crippen LogP contribution in [0.25, 0.3) is 0 Å². The standard InChI is InChI=1S/C17H19F3N2O3/c1-10(2)12-7-5-6-8-13(12)22(4)14(23)9-24-16-11(3)15(21-25-16)17(18,19)20/h5-8,10H,9H2,1-4H3. The number of ether oxygens (including phenoxy) is 1. The summed E-state index contributed by atoms with van der Waals surface area (Å²) in [5, 5.41) is 2.96. The minimum atomic E-state index is -4.63. The number of para-hydroxylation sites is 1. The molecule has 0 aliphatic heterocycles. The number of amides is 1. The number of carbonyl (C=O) groups excluding carboxylic acids is 1. The Morgan fingerprint density at radius 3 is 2.52 bits per heavy atom. The van der Waals surface area contributed by atoms with Crippen LogP contribution < -0.4 is 9.64 Å². The molecular weight excluding hydrogens is 337 g/mol. The quantitative estimate of drug-likeness (QED) is 0.807. The molecule has 2 rings (SSSR count). The lowest BCUT2D eigenvalue weighted by molar-refractivity contribution is -0.143. The summed E-state index contributed by atoms with van der Waals surface area (Å²) in [6.07, 6.45) is -4.63. The van der Waals surface area contributed by atoms with E-state index in [0.29, 0.717) is 0 Å². The molecule has 1 aromatic carbocycles. The first-order valence-corrected chi connectivity index (χ1v) is 7.64. The Kier molecular flexibility index (Phi) is 5.39. The van der Waals surface area contributed by atoms with Gasteiger partial charge in [-0.25, -0.2) is 0 Å². The van der Waals surface area contributed by atoms with Crippen LogP contribution in [0.1, 0.15) is 36.6 Å². The van der Waals surface area contributed by atoms with Crippen molar-refractivity contribution in [2.75, 3.05) is 18.6 Å². The van der Waals surface area contributed by atoms with Crippen LogP contribution >= 0.6 is 0 Å². The molecule has 136 valence electrons. The Hall–Kier alpha value is -2.51. The minimum Gasteiger partial charge on any atom is -0.453 e. The SMILES string of the molecule is Cc1c(C(F)(F)F)noc1OCC(=O)N(C)c1ccccc1C(C)C. The summed E-state index contributed by atoms with van der Waals surface area (Å²) >= 11 is 0. The Bertz CT molecular complexity index is 754. The molecule has 0 saturated heterocycles. The van der Waals surface area contributed by atoms with Gasteiger partial charge in [0.2, 0.25) is 0 Å². The second-order valence-electron chi connectivity index (χ2n) is 5.90. The van der Waals surface area contributed by atoms with Gasteiger partial charge in [0.1, 0.15) is 0 Å². The third-order valence-electron chi connectivity index (χ3n) is 3.77. The van der Waals surface area contributed by atoms with Crippen molar-refractivity contribution in [3.8, 4) is 5.95 Å². The number of alkyl halides is 3. The molecule has 8 heteroatoms. The van der Waals surface area contributed by atoms with E-state index >= 15 is 0 Å². The zero-order chi connectivity index (χ0) is 18.8. The maximum atomic E-state index is 12.7. The molecule has 0 bridgehead atoms. The number of carbonyl (C=O) groups is 1. The van der Waals surface area contributed by atoms with Crippen molar-refractivity contribution < 1.29 is 27.2 Å². The van der Waals surface area contributed by atoms with Gasteiger partial charge < -0.3 is 14.2 Å². The minimum absolute atomic E-state index is 0.207. The summed E-state index contributed by atoms with van der Waals surface area (Å²) in [4.78, 5) is 13.7. The Balaban J connectivity index is 2.10. The summed E-state index contributed by atoms with van der Waals surface area (Å²) in [6.45, 7) is 4.72. The lowest BCUT2D eigenvalue weighted by atomic mass is 10.0. The normalized spacial score (nSPS) is 11.7. The Morgan fingerprint density at radius 1 is 1.32 bits per heavy atom. The number of hydrogen-bond acceptors (Lipinski definition) is 4. The number of halogens is 3. The van der Waals surface area contributed by atoms with E-state index in [1.807, 2.05) is 32.0 Å². The van der Waals surface area contributed by atoms with Crippen molar-refractivity contribution in [1.82, 2.24) is 5.16 Å². The van der Waals surface area contributed by atoms with Crippen LogP contribution in [0.4, 0.5) is 18.9 Å². The van der Waals surface area contributed by atoms with E-state index in [9.17, 15) is 18.0 Å². The average molecular weight is 356 g/mol. The van der Waals surface area contributed by atoms with Crippen molar-refractivity contribution >= 4 is 11.6 Å². The van der Waals surface area contributed by atoms with Gasteiger partial charge in [0, 0.05) is 12.7 Å². The number of benzene rings is 1.